The molecule has 0 bridgehead atoms. The molecule has 1 aliphatic heterocycles. The summed E-state index contributed by atoms with van der Waals surface area (Å²) in [7, 11) is 0. The quantitative estimate of drug-likeness (QED) is 0.332. The number of thiazole rings is 1. The number of thiophene rings is 1. The molecular weight excluding hydrogens is 426 g/mol. The number of nitrogens with zero attached hydrogens (tertiary/aromatic N) is 3. The Labute approximate surface area is 179 Å². The summed E-state index contributed by atoms with van der Waals surface area (Å²) in [5.74, 6) is -0.944. The Kier molecular flexibility index (Phi) is 5.60. The third kappa shape index (κ3) is 3.96. The first kappa shape index (κ1) is 20.2. The van der Waals surface area contributed by atoms with Crippen LogP contribution in [-0.2, 0) is 16.0 Å². The smallest absolute Gasteiger partial charge is 0.350 e. The molecular formula is C20H17N3O5S2. The molecule has 30 heavy (non-hydrogen) atoms. The molecule has 0 saturated heterocycles. The number of nitro groups is 1. The van der Waals surface area contributed by atoms with Crippen LogP contribution in [0, 0.1) is 17.0 Å². The van der Waals surface area contributed by atoms with Crippen molar-refractivity contribution in [2.45, 2.75) is 19.8 Å². The van der Waals surface area contributed by atoms with E-state index in [0.29, 0.717) is 35.6 Å². The van der Waals surface area contributed by atoms with E-state index >= 15 is 0 Å². The minimum absolute atomic E-state index is 0.00306. The molecule has 3 aromatic rings. The maximum absolute atomic E-state index is 12.7. The summed E-state index contributed by atoms with van der Waals surface area (Å²) in [5.41, 5.74) is 1.93. The molecule has 2 aromatic heterocycles. The molecule has 0 radical (unpaired) electrons. The van der Waals surface area contributed by atoms with Crippen molar-refractivity contribution in [3.8, 4) is 9.88 Å². The molecule has 0 N–H and O–H groups in total. The van der Waals surface area contributed by atoms with Crippen molar-refractivity contribution < 1.29 is 19.2 Å². The van der Waals surface area contributed by atoms with Gasteiger partial charge in [0.25, 0.3) is 11.6 Å². The topological polar surface area (TPSA) is 103 Å². The fourth-order valence-corrected chi connectivity index (χ4v) is 5.08. The lowest BCUT2D eigenvalue weighted by atomic mass is 10.0. The minimum atomic E-state index is -0.581. The van der Waals surface area contributed by atoms with Gasteiger partial charge in [0.05, 0.1) is 15.5 Å². The van der Waals surface area contributed by atoms with Gasteiger partial charge in [-0.15, -0.1) is 22.7 Å². The fourth-order valence-electron chi connectivity index (χ4n) is 3.32. The second-order valence-corrected chi connectivity index (χ2v) is 8.65. The van der Waals surface area contributed by atoms with Crippen LogP contribution < -0.4 is 4.90 Å². The lowest BCUT2D eigenvalue weighted by Crippen LogP contribution is -2.38. The van der Waals surface area contributed by atoms with Crippen LogP contribution in [-0.4, -0.2) is 34.9 Å². The molecule has 10 heteroatoms. The van der Waals surface area contributed by atoms with Gasteiger partial charge in [-0.1, -0.05) is 6.07 Å². The van der Waals surface area contributed by atoms with Crippen molar-refractivity contribution in [3.05, 3.63) is 62.0 Å². The Morgan fingerprint density at radius 2 is 2.17 bits per heavy atom. The van der Waals surface area contributed by atoms with Gasteiger partial charge in [-0.25, -0.2) is 9.78 Å². The first-order chi connectivity index (χ1) is 14.4. The van der Waals surface area contributed by atoms with Gasteiger partial charge in [0.2, 0.25) is 0 Å². The number of ether oxygens (including phenoxy) is 1. The van der Waals surface area contributed by atoms with E-state index < -0.39 is 17.5 Å². The van der Waals surface area contributed by atoms with E-state index in [1.165, 1.54) is 39.7 Å². The molecule has 1 amide bonds. The lowest BCUT2D eigenvalue weighted by Gasteiger charge is -2.29. The predicted molar refractivity (Wildman–Crippen MR) is 114 cm³/mol. The van der Waals surface area contributed by atoms with Crippen molar-refractivity contribution in [3.63, 3.8) is 0 Å². The van der Waals surface area contributed by atoms with E-state index in [-0.39, 0.29) is 11.6 Å². The van der Waals surface area contributed by atoms with Gasteiger partial charge in [0.1, 0.15) is 9.88 Å². The van der Waals surface area contributed by atoms with E-state index in [9.17, 15) is 19.7 Å². The van der Waals surface area contributed by atoms with E-state index in [1.807, 2.05) is 17.5 Å². The molecule has 3 heterocycles. The summed E-state index contributed by atoms with van der Waals surface area (Å²) in [4.78, 5) is 43.0. The number of carbonyl (C=O) groups excluding carboxylic acids is 2. The average molecular weight is 444 g/mol. The molecule has 0 unspecified atom stereocenters. The maximum atomic E-state index is 12.7. The maximum Gasteiger partial charge on any atom is 0.350 e. The number of esters is 1. The summed E-state index contributed by atoms with van der Waals surface area (Å²) in [6.45, 7) is 1.81. The van der Waals surface area contributed by atoms with Crippen LogP contribution in [0.15, 0.2) is 35.7 Å². The molecule has 1 aromatic carbocycles. The zero-order valence-corrected chi connectivity index (χ0v) is 17.6. The molecule has 0 spiro atoms. The summed E-state index contributed by atoms with van der Waals surface area (Å²) in [6.07, 6.45) is 1.35. The van der Waals surface area contributed by atoms with Crippen LogP contribution in [0.2, 0.25) is 0 Å². The SMILES string of the molecule is Cc1nc(-c2cccs2)sc1C(=O)OCC(=O)N1CCCc2cc([N+](=O)[O-])ccc21. The number of hydrogen-bond donors (Lipinski definition) is 0. The highest BCUT2D eigenvalue weighted by Gasteiger charge is 2.26. The number of non-ortho nitro benzene ring substituents is 1. The average Bonchev–Trinajstić information content (AvgIpc) is 3.40. The second kappa shape index (κ2) is 8.33. The van der Waals surface area contributed by atoms with Gasteiger partial charge >= 0.3 is 5.97 Å². The zero-order valence-electron chi connectivity index (χ0n) is 16.0. The second-order valence-electron chi connectivity index (χ2n) is 6.71. The van der Waals surface area contributed by atoms with Crippen molar-refractivity contribution in [1.29, 1.82) is 0 Å². The lowest BCUT2D eigenvalue weighted by molar-refractivity contribution is -0.384. The van der Waals surface area contributed by atoms with Crippen LogP contribution in [0.4, 0.5) is 11.4 Å². The number of amides is 1. The third-order valence-electron chi connectivity index (χ3n) is 4.73. The summed E-state index contributed by atoms with van der Waals surface area (Å²) in [5, 5.41) is 13.7. The number of rotatable bonds is 5. The zero-order chi connectivity index (χ0) is 21.3. The number of aryl methyl sites for hydroxylation is 2. The number of benzene rings is 1. The van der Waals surface area contributed by atoms with E-state index in [4.69, 9.17) is 4.74 Å². The van der Waals surface area contributed by atoms with Crippen molar-refractivity contribution in [2.24, 2.45) is 0 Å². The number of anilines is 1. The van der Waals surface area contributed by atoms with E-state index in [1.54, 1.807) is 13.0 Å². The molecule has 8 nitrogen and oxygen atoms in total. The highest BCUT2D eigenvalue weighted by molar-refractivity contribution is 7.22. The Balaban J connectivity index is 1.45. The normalized spacial score (nSPS) is 13.0. The largest absolute Gasteiger partial charge is 0.451 e. The first-order valence-corrected chi connectivity index (χ1v) is 10.9. The molecule has 0 atom stereocenters. The van der Waals surface area contributed by atoms with Gasteiger partial charge in [0, 0.05) is 24.4 Å². The van der Waals surface area contributed by atoms with E-state index in [0.717, 1.165) is 15.4 Å². The van der Waals surface area contributed by atoms with Crippen molar-refractivity contribution in [1.82, 2.24) is 4.98 Å². The fraction of sp³-hybridized carbons (Fsp3) is 0.250. The molecule has 4 rings (SSSR count). The molecule has 0 aliphatic carbocycles. The Hall–Kier alpha value is -3.11. The van der Waals surface area contributed by atoms with Crippen molar-refractivity contribution in [2.75, 3.05) is 18.1 Å². The first-order valence-electron chi connectivity index (χ1n) is 9.20. The molecule has 154 valence electrons. The highest BCUT2D eigenvalue weighted by atomic mass is 32.1. The monoisotopic (exact) mass is 443 g/mol. The van der Waals surface area contributed by atoms with Gasteiger partial charge in [-0.05, 0) is 42.8 Å². The standard InChI is InChI=1S/C20H17N3O5S2/c1-12-18(30-19(21-12)16-5-3-9-29-16)20(25)28-11-17(24)22-8-2-4-13-10-14(23(26)27)6-7-15(13)22/h3,5-7,9-10H,2,4,8,11H2,1H3. The van der Waals surface area contributed by atoms with Gasteiger partial charge < -0.3 is 9.64 Å². The third-order valence-corrected chi connectivity index (χ3v) is 6.91. The number of hydrogen-bond acceptors (Lipinski definition) is 8. The van der Waals surface area contributed by atoms with Crippen LogP contribution in [0.25, 0.3) is 9.88 Å². The number of nitro benzene ring substituents is 1. The summed E-state index contributed by atoms with van der Waals surface area (Å²) < 4.78 is 5.27. The highest BCUT2D eigenvalue weighted by Crippen LogP contribution is 2.32. The van der Waals surface area contributed by atoms with Gasteiger partial charge in [0.15, 0.2) is 6.61 Å². The Morgan fingerprint density at radius 1 is 1.33 bits per heavy atom. The van der Waals surface area contributed by atoms with Gasteiger partial charge in [-0.2, -0.15) is 0 Å². The van der Waals surface area contributed by atoms with Crippen molar-refractivity contribution >= 4 is 45.9 Å². The number of fused-ring (bicyclic) bond motifs is 1. The number of carbonyl (C=O) groups is 2. The Morgan fingerprint density at radius 3 is 2.90 bits per heavy atom. The van der Waals surface area contributed by atoms with Crippen LogP contribution in [0.1, 0.15) is 27.3 Å². The van der Waals surface area contributed by atoms with Crippen LogP contribution >= 0.6 is 22.7 Å². The predicted octanol–water partition coefficient (Wildman–Crippen LogP) is 4.22. The van der Waals surface area contributed by atoms with Crippen LogP contribution in [0.3, 0.4) is 0 Å². The molecule has 1 aliphatic rings. The van der Waals surface area contributed by atoms with E-state index in [2.05, 4.69) is 4.98 Å². The summed E-state index contributed by atoms with van der Waals surface area (Å²) in [6, 6.07) is 8.29. The molecule has 0 saturated carbocycles. The van der Waals surface area contributed by atoms with Crippen LogP contribution in [0.5, 0.6) is 0 Å². The van der Waals surface area contributed by atoms with Gasteiger partial charge in [-0.3, -0.25) is 14.9 Å². The number of aromatic nitrogens is 1. The molecule has 0 fully saturated rings. The summed E-state index contributed by atoms with van der Waals surface area (Å²) >= 11 is 2.78. The minimum Gasteiger partial charge on any atom is -0.451 e. The Bertz CT molecular complexity index is 1120.